The van der Waals surface area contributed by atoms with Gasteiger partial charge in [0.15, 0.2) is 0 Å². The Morgan fingerprint density at radius 2 is 1.90 bits per heavy atom. The van der Waals surface area contributed by atoms with Crippen LogP contribution in [0.15, 0.2) is 0 Å². The van der Waals surface area contributed by atoms with Gasteiger partial charge in [-0.1, -0.05) is 39.5 Å². The number of unbranched alkanes of at least 4 members (excludes halogenated alkanes) is 3. The maximum absolute atomic E-state index is 12.4. The third-order valence-electron chi connectivity index (χ3n) is 4.50. The molecule has 1 heterocycles. The Hall–Kier alpha value is -0.570. The number of piperidine rings is 1. The Balaban J connectivity index is 1.58. The van der Waals surface area contributed by atoms with Crippen molar-refractivity contribution in [2.75, 3.05) is 13.1 Å². The molecule has 2 aliphatic rings. The summed E-state index contributed by atoms with van der Waals surface area (Å²) in [5.41, 5.74) is 0. The number of rotatable bonds is 9. The second-order valence-corrected chi connectivity index (χ2v) is 7.06. The van der Waals surface area contributed by atoms with Crippen molar-refractivity contribution in [2.45, 2.75) is 83.7 Å². The summed E-state index contributed by atoms with van der Waals surface area (Å²) < 4.78 is 0. The summed E-state index contributed by atoms with van der Waals surface area (Å²) in [4.78, 5) is 14.5. The van der Waals surface area contributed by atoms with E-state index in [9.17, 15) is 4.79 Å². The highest BCUT2D eigenvalue weighted by molar-refractivity contribution is 5.82. The smallest absolute Gasteiger partial charge is 0.239 e. The van der Waals surface area contributed by atoms with Gasteiger partial charge in [-0.3, -0.25) is 4.79 Å². The number of carbonyl (C=O) groups is 1. The molecule has 1 N–H and O–H groups in total. The van der Waals surface area contributed by atoms with Gasteiger partial charge in [-0.25, -0.2) is 0 Å². The summed E-state index contributed by atoms with van der Waals surface area (Å²) >= 11 is 0. The molecule has 20 heavy (non-hydrogen) atoms. The summed E-state index contributed by atoms with van der Waals surface area (Å²) in [6.07, 6.45) is 11.2. The van der Waals surface area contributed by atoms with Gasteiger partial charge in [-0.05, 0) is 38.0 Å². The summed E-state index contributed by atoms with van der Waals surface area (Å²) in [7, 11) is 0. The fourth-order valence-electron chi connectivity index (χ4n) is 3.06. The first-order valence-corrected chi connectivity index (χ1v) is 8.71. The van der Waals surface area contributed by atoms with Crippen LogP contribution in [0.4, 0.5) is 0 Å². The van der Waals surface area contributed by atoms with Crippen LogP contribution in [0, 0.1) is 5.92 Å². The third-order valence-corrected chi connectivity index (χ3v) is 4.50. The van der Waals surface area contributed by atoms with Crippen molar-refractivity contribution in [2.24, 2.45) is 5.92 Å². The van der Waals surface area contributed by atoms with E-state index in [1.54, 1.807) is 0 Å². The van der Waals surface area contributed by atoms with Crippen molar-refractivity contribution < 1.29 is 4.79 Å². The van der Waals surface area contributed by atoms with Gasteiger partial charge in [0.05, 0.1) is 6.04 Å². The number of nitrogens with zero attached hydrogens (tertiary/aromatic N) is 1. The van der Waals surface area contributed by atoms with E-state index < -0.39 is 0 Å². The van der Waals surface area contributed by atoms with Crippen molar-refractivity contribution in [3.05, 3.63) is 0 Å². The number of carbonyl (C=O) groups excluding carboxylic acids is 1. The number of hydrogen-bond acceptors (Lipinski definition) is 2. The molecule has 0 aromatic carbocycles. The molecule has 2 fully saturated rings. The second-order valence-electron chi connectivity index (χ2n) is 7.06. The van der Waals surface area contributed by atoms with Crippen molar-refractivity contribution >= 4 is 5.91 Å². The first-order valence-electron chi connectivity index (χ1n) is 8.71. The lowest BCUT2D eigenvalue weighted by Crippen LogP contribution is -2.51. The van der Waals surface area contributed by atoms with Crippen LogP contribution in [-0.2, 0) is 4.79 Å². The average molecular weight is 280 g/mol. The Kier molecular flexibility index (Phi) is 6.34. The minimum absolute atomic E-state index is 0.122. The Morgan fingerprint density at radius 1 is 1.15 bits per heavy atom. The summed E-state index contributed by atoms with van der Waals surface area (Å²) in [6, 6.07) is 0.761. The highest BCUT2D eigenvalue weighted by Crippen LogP contribution is 2.22. The average Bonchev–Trinajstić information content (AvgIpc) is 3.21. The molecule has 1 atom stereocenters. The quantitative estimate of drug-likeness (QED) is 0.657. The number of hydrogen-bond donors (Lipinski definition) is 1. The third kappa shape index (κ3) is 5.43. The predicted octanol–water partition coefficient (Wildman–Crippen LogP) is 3.34. The van der Waals surface area contributed by atoms with Gasteiger partial charge in [-0.15, -0.1) is 0 Å². The molecule has 0 aromatic rings. The molecule has 1 aliphatic carbocycles. The molecule has 1 unspecified atom stereocenters. The van der Waals surface area contributed by atoms with Gasteiger partial charge in [0.1, 0.15) is 0 Å². The van der Waals surface area contributed by atoms with Crippen LogP contribution in [0.2, 0.25) is 0 Å². The van der Waals surface area contributed by atoms with Crippen molar-refractivity contribution in [3.8, 4) is 0 Å². The Morgan fingerprint density at radius 3 is 2.60 bits per heavy atom. The van der Waals surface area contributed by atoms with E-state index in [2.05, 4.69) is 24.1 Å². The molecular weight excluding hydrogens is 248 g/mol. The maximum Gasteiger partial charge on any atom is 0.239 e. The van der Waals surface area contributed by atoms with E-state index in [1.165, 1.54) is 51.4 Å². The number of amides is 1. The molecule has 0 radical (unpaired) electrons. The first kappa shape index (κ1) is 15.8. The zero-order chi connectivity index (χ0) is 14.4. The van der Waals surface area contributed by atoms with Crippen LogP contribution in [0.5, 0.6) is 0 Å². The molecule has 3 nitrogen and oxygen atoms in total. The van der Waals surface area contributed by atoms with Gasteiger partial charge in [0.25, 0.3) is 0 Å². The van der Waals surface area contributed by atoms with Crippen LogP contribution >= 0.6 is 0 Å². The molecular formula is C17H32N2O. The predicted molar refractivity (Wildman–Crippen MR) is 83.7 cm³/mol. The van der Waals surface area contributed by atoms with E-state index in [0.29, 0.717) is 11.9 Å². The number of nitrogens with one attached hydrogen (secondary N) is 1. The van der Waals surface area contributed by atoms with E-state index >= 15 is 0 Å². The molecule has 1 aliphatic heterocycles. The van der Waals surface area contributed by atoms with E-state index in [-0.39, 0.29) is 6.04 Å². The zero-order valence-corrected chi connectivity index (χ0v) is 13.4. The highest BCUT2D eigenvalue weighted by Gasteiger charge is 2.32. The first-order chi connectivity index (χ1) is 9.66. The largest absolute Gasteiger partial charge is 0.341 e. The molecule has 0 spiro atoms. The highest BCUT2D eigenvalue weighted by atomic mass is 16.2. The number of likely N-dealkylation sites (tertiary alicyclic amines) is 1. The molecule has 3 heteroatoms. The fourth-order valence-corrected chi connectivity index (χ4v) is 3.06. The van der Waals surface area contributed by atoms with Crippen molar-refractivity contribution in [1.82, 2.24) is 10.2 Å². The lowest BCUT2D eigenvalue weighted by molar-refractivity contribution is -0.136. The lowest BCUT2D eigenvalue weighted by atomic mass is 10.0. The fraction of sp³-hybridized carbons (Fsp3) is 0.941. The monoisotopic (exact) mass is 280 g/mol. The summed E-state index contributed by atoms with van der Waals surface area (Å²) in [5, 5.41) is 3.50. The minimum Gasteiger partial charge on any atom is -0.341 e. The summed E-state index contributed by atoms with van der Waals surface area (Å²) in [6.45, 7) is 6.54. The zero-order valence-electron chi connectivity index (χ0n) is 13.4. The molecule has 2 rings (SSSR count). The Bertz CT molecular complexity index is 299. The molecule has 116 valence electrons. The van der Waals surface area contributed by atoms with Gasteiger partial charge >= 0.3 is 0 Å². The van der Waals surface area contributed by atoms with E-state index in [0.717, 1.165) is 25.4 Å². The molecule has 0 bridgehead atoms. The van der Waals surface area contributed by atoms with Crippen LogP contribution in [0.1, 0.15) is 71.6 Å². The van der Waals surface area contributed by atoms with Crippen LogP contribution < -0.4 is 5.32 Å². The second kappa shape index (κ2) is 8.02. The van der Waals surface area contributed by atoms with Crippen LogP contribution in [0.25, 0.3) is 0 Å². The molecule has 1 saturated heterocycles. The van der Waals surface area contributed by atoms with Crippen LogP contribution in [0.3, 0.4) is 0 Å². The van der Waals surface area contributed by atoms with Gasteiger partial charge in [-0.2, -0.15) is 0 Å². The topological polar surface area (TPSA) is 32.3 Å². The minimum atomic E-state index is 0.122. The molecule has 1 amide bonds. The lowest BCUT2D eigenvalue weighted by Gasteiger charge is -2.33. The van der Waals surface area contributed by atoms with Crippen molar-refractivity contribution in [1.29, 1.82) is 0 Å². The van der Waals surface area contributed by atoms with E-state index in [1.807, 2.05) is 0 Å². The van der Waals surface area contributed by atoms with Gasteiger partial charge < -0.3 is 10.2 Å². The van der Waals surface area contributed by atoms with Gasteiger partial charge in [0, 0.05) is 19.1 Å². The maximum atomic E-state index is 12.4. The summed E-state index contributed by atoms with van der Waals surface area (Å²) in [5.74, 6) is 1.19. The Labute approximate surface area is 124 Å². The molecule has 1 saturated carbocycles. The van der Waals surface area contributed by atoms with Crippen molar-refractivity contribution in [3.63, 3.8) is 0 Å². The SMILES string of the molecule is CC(C)CCCCCCN1CCCC(NC2CC2)C1=O. The van der Waals surface area contributed by atoms with Crippen LogP contribution in [-0.4, -0.2) is 36.0 Å². The molecule has 0 aromatic heterocycles. The standard InChI is InChI=1S/C17H32N2O/c1-14(2)8-5-3-4-6-12-19-13-7-9-16(17(19)20)18-15-10-11-15/h14-16,18H,3-13H2,1-2H3. The van der Waals surface area contributed by atoms with E-state index in [4.69, 9.17) is 0 Å². The normalized spacial score (nSPS) is 23.6. The van der Waals surface area contributed by atoms with Gasteiger partial charge in [0.2, 0.25) is 5.91 Å².